The Bertz CT molecular complexity index is 361. The van der Waals surface area contributed by atoms with Crippen LogP contribution in [0, 0.1) is 0 Å². The zero-order valence-corrected chi connectivity index (χ0v) is 9.36. The van der Waals surface area contributed by atoms with Crippen molar-refractivity contribution in [3.63, 3.8) is 0 Å². The molecule has 4 nitrogen and oxygen atoms in total. The highest BCUT2D eigenvalue weighted by atomic mass is 16.5. The van der Waals surface area contributed by atoms with Crippen molar-refractivity contribution in [1.29, 1.82) is 0 Å². The van der Waals surface area contributed by atoms with E-state index in [1.54, 1.807) is 10.9 Å². The second-order valence-corrected chi connectivity index (χ2v) is 4.23. The third-order valence-corrected chi connectivity index (χ3v) is 1.84. The molecule has 0 aromatic carbocycles. The Kier molecular flexibility index (Phi) is 3.29. The third kappa shape index (κ3) is 2.94. The van der Waals surface area contributed by atoms with E-state index in [4.69, 9.17) is 4.74 Å². The van der Waals surface area contributed by atoms with Crippen molar-refractivity contribution >= 4 is 5.97 Å². The van der Waals surface area contributed by atoms with Gasteiger partial charge in [0.05, 0.1) is 17.3 Å². The minimum atomic E-state index is -0.370. The highest BCUT2D eigenvalue weighted by molar-refractivity contribution is 5.88. The van der Waals surface area contributed by atoms with Gasteiger partial charge >= 0.3 is 5.97 Å². The maximum Gasteiger partial charge on any atom is 0.341 e. The molecule has 1 rings (SSSR count). The molecule has 0 radical (unpaired) electrons. The summed E-state index contributed by atoms with van der Waals surface area (Å²) in [6, 6.07) is 0. The number of rotatable bonds is 3. The Morgan fingerprint density at radius 1 is 1.67 bits per heavy atom. The van der Waals surface area contributed by atoms with Gasteiger partial charge < -0.3 is 4.74 Å². The van der Waals surface area contributed by atoms with Gasteiger partial charge in [0, 0.05) is 6.20 Å². The van der Waals surface area contributed by atoms with E-state index >= 15 is 0 Å². The van der Waals surface area contributed by atoms with Crippen molar-refractivity contribution in [2.75, 3.05) is 6.61 Å². The molecule has 0 aliphatic carbocycles. The standard InChI is InChI=1S/C11H16N2O2/c1-5-6-15-10(14)9-7-12-13(8-9)11(2,3)4/h5,7-8H,1,6H2,2-4H3. The smallest absolute Gasteiger partial charge is 0.341 e. The number of nitrogens with zero attached hydrogens (tertiary/aromatic N) is 2. The van der Waals surface area contributed by atoms with E-state index in [1.165, 1.54) is 12.3 Å². The topological polar surface area (TPSA) is 44.1 Å². The quantitative estimate of drug-likeness (QED) is 0.563. The number of ether oxygens (including phenoxy) is 1. The van der Waals surface area contributed by atoms with Gasteiger partial charge in [0.2, 0.25) is 0 Å². The maximum absolute atomic E-state index is 11.4. The lowest BCUT2D eigenvalue weighted by Gasteiger charge is -2.18. The molecule has 0 fully saturated rings. The minimum Gasteiger partial charge on any atom is -0.458 e. The molecule has 1 aromatic heterocycles. The summed E-state index contributed by atoms with van der Waals surface area (Å²) in [6.45, 7) is 9.73. The van der Waals surface area contributed by atoms with Gasteiger partial charge in [-0.05, 0) is 20.8 Å². The Hall–Kier alpha value is -1.58. The van der Waals surface area contributed by atoms with E-state index in [2.05, 4.69) is 11.7 Å². The molecule has 0 unspecified atom stereocenters. The van der Waals surface area contributed by atoms with Crippen LogP contribution in [0.25, 0.3) is 0 Å². The van der Waals surface area contributed by atoms with Crippen molar-refractivity contribution in [2.45, 2.75) is 26.3 Å². The van der Waals surface area contributed by atoms with Gasteiger partial charge in [-0.1, -0.05) is 12.7 Å². The van der Waals surface area contributed by atoms with Crippen LogP contribution in [-0.4, -0.2) is 22.4 Å². The van der Waals surface area contributed by atoms with E-state index in [-0.39, 0.29) is 18.1 Å². The summed E-state index contributed by atoms with van der Waals surface area (Å²) >= 11 is 0. The van der Waals surface area contributed by atoms with Crippen molar-refractivity contribution in [2.24, 2.45) is 0 Å². The normalized spacial score (nSPS) is 11.1. The molecule has 82 valence electrons. The molecule has 0 bridgehead atoms. The van der Waals surface area contributed by atoms with Crippen LogP contribution in [0.4, 0.5) is 0 Å². The Morgan fingerprint density at radius 2 is 2.33 bits per heavy atom. The molecule has 0 saturated carbocycles. The van der Waals surface area contributed by atoms with Crippen LogP contribution in [0.1, 0.15) is 31.1 Å². The van der Waals surface area contributed by atoms with E-state index in [1.807, 2.05) is 20.8 Å². The van der Waals surface area contributed by atoms with Crippen molar-refractivity contribution < 1.29 is 9.53 Å². The lowest BCUT2D eigenvalue weighted by atomic mass is 10.1. The van der Waals surface area contributed by atoms with Crippen LogP contribution in [0.5, 0.6) is 0 Å². The molecule has 0 spiro atoms. The number of aromatic nitrogens is 2. The average Bonchev–Trinajstić information content (AvgIpc) is 2.62. The zero-order chi connectivity index (χ0) is 11.5. The molecule has 4 heteroatoms. The number of hydrogen-bond donors (Lipinski definition) is 0. The predicted octanol–water partition coefficient (Wildman–Crippen LogP) is 1.98. The molecule has 0 N–H and O–H groups in total. The lowest BCUT2D eigenvalue weighted by molar-refractivity contribution is 0.0549. The predicted molar refractivity (Wildman–Crippen MR) is 57.7 cm³/mol. The van der Waals surface area contributed by atoms with Gasteiger partial charge in [-0.2, -0.15) is 5.10 Å². The van der Waals surface area contributed by atoms with Crippen molar-refractivity contribution in [1.82, 2.24) is 9.78 Å². The van der Waals surface area contributed by atoms with Crippen LogP contribution in [0.2, 0.25) is 0 Å². The first kappa shape index (κ1) is 11.5. The maximum atomic E-state index is 11.4. The monoisotopic (exact) mass is 208 g/mol. The largest absolute Gasteiger partial charge is 0.458 e. The Morgan fingerprint density at radius 3 is 2.80 bits per heavy atom. The van der Waals surface area contributed by atoms with E-state index in [0.717, 1.165) is 0 Å². The van der Waals surface area contributed by atoms with Gasteiger partial charge in [0.25, 0.3) is 0 Å². The number of hydrogen-bond acceptors (Lipinski definition) is 3. The first-order valence-corrected chi connectivity index (χ1v) is 4.78. The van der Waals surface area contributed by atoms with Gasteiger partial charge in [0.15, 0.2) is 0 Å². The molecule has 0 amide bonds. The average molecular weight is 208 g/mol. The van der Waals surface area contributed by atoms with E-state index < -0.39 is 0 Å². The fourth-order valence-corrected chi connectivity index (χ4v) is 1.01. The lowest BCUT2D eigenvalue weighted by Crippen LogP contribution is -2.22. The highest BCUT2D eigenvalue weighted by Crippen LogP contribution is 2.13. The first-order chi connectivity index (χ1) is 6.95. The molecule has 15 heavy (non-hydrogen) atoms. The molecule has 1 aromatic rings. The zero-order valence-electron chi connectivity index (χ0n) is 9.36. The second kappa shape index (κ2) is 4.29. The highest BCUT2D eigenvalue weighted by Gasteiger charge is 2.17. The van der Waals surface area contributed by atoms with E-state index in [9.17, 15) is 4.79 Å². The van der Waals surface area contributed by atoms with Crippen molar-refractivity contribution in [3.05, 3.63) is 30.6 Å². The van der Waals surface area contributed by atoms with Crippen LogP contribution >= 0.6 is 0 Å². The van der Waals surface area contributed by atoms with Crippen LogP contribution in [-0.2, 0) is 10.3 Å². The summed E-state index contributed by atoms with van der Waals surface area (Å²) in [5, 5.41) is 4.11. The Balaban J connectivity index is 2.76. The summed E-state index contributed by atoms with van der Waals surface area (Å²) in [6.07, 6.45) is 4.73. The molecular weight excluding hydrogens is 192 g/mol. The summed E-state index contributed by atoms with van der Waals surface area (Å²) in [7, 11) is 0. The second-order valence-electron chi connectivity index (χ2n) is 4.23. The third-order valence-electron chi connectivity index (χ3n) is 1.84. The van der Waals surface area contributed by atoms with Gasteiger partial charge in [-0.25, -0.2) is 4.79 Å². The number of esters is 1. The summed E-state index contributed by atoms with van der Waals surface area (Å²) in [5.41, 5.74) is 0.337. The van der Waals surface area contributed by atoms with Crippen LogP contribution < -0.4 is 0 Å². The molecule has 1 heterocycles. The van der Waals surface area contributed by atoms with Gasteiger partial charge in [-0.15, -0.1) is 0 Å². The van der Waals surface area contributed by atoms with Crippen LogP contribution in [0.15, 0.2) is 25.0 Å². The van der Waals surface area contributed by atoms with E-state index in [0.29, 0.717) is 5.56 Å². The van der Waals surface area contributed by atoms with Gasteiger partial charge in [-0.3, -0.25) is 4.68 Å². The SMILES string of the molecule is C=CCOC(=O)c1cnn(C(C)(C)C)c1. The van der Waals surface area contributed by atoms with Crippen LogP contribution in [0.3, 0.4) is 0 Å². The minimum absolute atomic E-state index is 0.128. The summed E-state index contributed by atoms with van der Waals surface area (Å²) in [4.78, 5) is 11.4. The van der Waals surface area contributed by atoms with Crippen molar-refractivity contribution in [3.8, 4) is 0 Å². The summed E-state index contributed by atoms with van der Waals surface area (Å²) in [5.74, 6) is -0.370. The number of carbonyl (C=O) groups is 1. The number of carbonyl (C=O) groups excluding carboxylic acids is 1. The molecular formula is C11H16N2O2. The fourth-order valence-electron chi connectivity index (χ4n) is 1.01. The molecule has 0 saturated heterocycles. The fraction of sp³-hybridized carbons (Fsp3) is 0.455. The Labute approximate surface area is 89.5 Å². The molecule has 0 atom stereocenters. The first-order valence-electron chi connectivity index (χ1n) is 4.78. The van der Waals surface area contributed by atoms with Gasteiger partial charge in [0.1, 0.15) is 6.61 Å². The molecule has 0 aliphatic heterocycles. The summed E-state index contributed by atoms with van der Waals surface area (Å²) < 4.78 is 6.63. The molecule has 0 aliphatic rings.